The molecule has 1 saturated carbocycles. The zero-order chi connectivity index (χ0) is 20.3. The van der Waals surface area contributed by atoms with Crippen LogP contribution in [0.5, 0.6) is 5.75 Å². The van der Waals surface area contributed by atoms with Crippen LogP contribution in [-0.2, 0) is 4.79 Å². The first-order chi connectivity index (χ1) is 14.1. The summed E-state index contributed by atoms with van der Waals surface area (Å²) in [6.45, 7) is 3.90. The molecule has 2 aliphatic heterocycles. The van der Waals surface area contributed by atoms with Gasteiger partial charge in [0, 0.05) is 18.5 Å². The van der Waals surface area contributed by atoms with E-state index in [9.17, 15) is 9.59 Å². The van der Waals surface area contributed by atoms with Crippen molar-refractivity contribution in [2.45, 2.75) is 56.5 Å². The highest BCUT2D eigenvalue weighted by molar-refractivity contribution is 5.96. The van der Waals surface area contributed by atoms with Gasteiger partial charge >= 0.3 is 6.03 Å². The summed E-state index contributed by atoms with van der Waals surface area (Å²) >= 11 is 0. The predicted octanol–water partition coefficient (Wildman–Crippen LogP) is 1.41. The maximum Gasteiger partial charge on any atom is 0.320 e. The Balaban J connectivity index is 1.44. The third-order valence-corrected chi connectivity index (χ3v) is 6.88. The largest absolute Gasteiger partial charge is 0.497 e. The fourth-order valence-corrected chi connectivity index (χ4v) is 5.26. The molecule has 1 aromatic carbocycles. The molecule has 0 spiro atoms. The summed E-state index contributed by atoms with van der Waals surface area (Å²) in [5.74, 6) is 0.858. The van der Waals surface area contributed by atoms with Gasteiger partial charge in [0.1, 0.15) is 17.3 Å². The molecule has 1 unspecified atom stereocenters. The molecule has 4 rings (SSSR count). The molecule has 158 valence electrons. The number of hydrogen-bond donors (Lipinski definition) is 3. The van der Waals surface area contributed by atoms with Gasteiger partial charge in [0.2, 0.25) is 5.91 Å². The number of quaternary nitrogens is 1. The molecule has 3 fully saturated rings. The van der Waals surface area contributed by atoms with Gasteiger partial charge in [-0.15, -0.1) is 0 Å². The summed E-state index contributed by atoms with van der Waals surface area (Å²) in [6, 6.07) is 7.48. The van der Waals surface area contributed by atoms with Crippen molar-refractivity contribution < 1.29 is 19.2 Å². The molecule has 0 bridgehead atoms. The lowest BCUT2D eigenvalue weighted by molar-refractivity contribution is -0.916. The standard InChI is InChI=1S/C22H32N4O3/c1-29-19-9-7-17(8-10-19)23-21(28)24-22(11-3-2-4-12-22)20(27)26-15-14-25-13-5-6-18(25)16-26/h7-10,18H,2-6,11-16H2,1H3,(H2,23,24,28)/p+1/t18-/m0/s1. The van der Waals surface area contributed by atoms with Crippen LogP contribution in [0.2, 0.25) is 0 Å². The molecule has 7 heteroatoms. The van der Waals surface area contributed by atoms with Gasteiger partial charge in [-0.2, -0.15) is 0 Å². The topological polar surface area (TPSA) is 75.1 Å². The van der Waals surface area contributed by atoms with Crippen molar-refractivity contribution in [2.24, 2.45) is 0 Å². The molecule has 2 heterocycles. The van der Waals surface area contributed by atoms with Crippen LogP contribution in [0.25, 0.3) is 0 Å². The molecule has 3 amide bonds. The Morgan fingerprint density at radius 1 is 1.10 bits per heavy atom. The van der Waals surface area contributed by atoms with E-state index >= 15 is 0 Å². The molecule has 2 saturated heterocycles. The van der Waals surface area contributed by atoms with Gasteiger partial charge < -0.3 is 25.2 Å². The van der Waals surface area contributed by atoms with Crippen molar-refractivity contribution >= 4 is 17.6 Å². The van der Waals surface area contributed by atoms with Crippen LogP contribution in [0.4, 0.5) is 10.5 Å². The Kier molecular flexibility index (Phi) is 5.94. The number of carbonyl (C=O) groups excluding carboxylic acids is 2. The predicted molar refractivity (Wildman–Crippen MR) is 111 cm³/mol. The number of rotatable bonds is 4. The number of carbonyl (C=O) groups is 2. The minimum absolute atomic E-state index is 0.119. The van der Waals surface area contributed by atoms with Crippen molar-refractivity contribution in [3.05, 3.63) is 24.3 Å². The summed E-state index contributed by atoms with van der Waals surface area (Å²) in [6.07, 6.45) is 6.98. The Bertz CT molecular complexity index is 730. The number of fused-ring (bicyclic) bond motifs is 1. The molecule has 3 aliphatic rings. The van der Waals surface area contributed by atoms with E-state index in [0.29, 0.717) is 11.7 Å². The Morgan fingerprint density at radius 2 is 1.86 bits per heavy atom. The van der Waals surface area contributed by atoms with Gasteiger partial charge in [-0.25, -0.2) is 4.79 Å². The average Bonchev–Trinajstić information content (AvgIpc) is 3.22. The summed E-state index contributed by atoms with van der Waals surface area (Å²) in [7, 11) is 1.61. The van der Waals surface area contributed by atoms with Crippen LogP contribution in [-0.4, -0.2) is 61.7 Å². The van der Waals surface area contributed by atoms with Crippen LogP contribution in [0.3, 0.4) is 0 Å². The third kappa shape index (κ3) is 4.34. The molecule has 1 aromatic rings. The van der Waals surface area contributed by atoms with Gasteiger partial charge in [-0.3, -0.25) is 4.79 Å². The molecular weight excluding hydrogens is 368 g/mol. The number of nitrogens with zero attached hydrogens (tertiary/aromatic N) is 1. The summed E-state index contributed by atoms with van der Waals surface area (Å²) in [4.78, 5) is 30.1. The van der Waals surface area contributed by atoms with Crippen LogP contribution in [0, 0.1) is 0 Å². The molecule has 3 N–H and O–H groups in total. The Hall–Kier alpha value is -2.28. The van der Waals surface area contributed by atoms with Gasteiger partial charge in [0.15, 0.2) is 0 Å². The number of amides is 3. The normalized spacial score (nSPS) is 25.8. The number of anilines is 1. The lowest BCUT2D eigenvalue weighted by Crippen LogP contribution is -3.16. The molecule has 0 radical (unpaired) electrons. The Morgan fingerprint density at radius 3 is 2.59 bits per heavy atom. The second-order valence-corrected chi connectivity index (χ2v) is 8.70. The van der Waals surface area contributed by atoms with Crippen molar-refractivity contribution in [1.29, 1.82) is 0 Å². The average molecular weight is 402 g/mol. The van der Waals surface area contributed by atoms with Crippen LogP contribution < -0.4 is 20.3 Å². The lowest BCUT2D eigenvalue weighted by atomic mass is 9.80. The van der Waals surface area contributed by atoms with E-state index < -0.39 is 5.54 Å². The summed E-state index contributed by atoms with van der Waals surface area (Å²) in [5, 5.41) is 5.97. The minimum atomic E-state index is -0.773. The smallest absolute Gasteiger partial charge is 0.320 e. The second kappa shape index (κ2) is 8.61. The van der Waals surface area contributed by atoms with E-state index in [0.717, 1.165) is 57.5 Å². The monoisotopic (exact) mass is 401 g/mol. The summed E-state index contributed by atoms with van der Waals surface area (Å²) in [5.41, 5.74) is -0.0878. The highest BCUT2D eigenvalue weighted by Crippen LogP contribution is 2.31. The van der Waals surface area contributed by atoms with E-state index in [-0.39, 0.29) is 11.9 Å². The van der Waals surface area contributed by atoms with Crippen molar-refractivity contribution in [2.75, 3.05) is 38.6 Å². The Labute approximate surface area is 172 Å². The van der Waals surface area contributed by atoms with Gasteiger partial charge in [0.05, 0.1) is 33.3 Å². The quantitative estimate of drug-likeness (QED) is 0.714. The lowest BCUT2D eigenvalue weighted by Gasteiger charge is -2.43. The minimum Gasteiger partial charge on any atom is -0.497 e. The first-order valence-corrected chi connectivity index (χ1v) is 11.0. The van der Waals surface area contributed by atoms with Crippen molar-refractivity contribution in [1.82, 2.24) is 10.2 Å². The number of methoxy groups -OCH3 is 1. The number of urea groups is 1. The van der Waals surface area contributed by atoms with Crippen molar-refractivity contribution in [3.63, 3.8) is 0 Å². The third-order valence-electron chi connectivity index (χ3n) is 6.88. The molecule has 1 aliphatic carbocycles. The SMILES string of the molecule is COc1ccc(NC(=O)NC2(C(=O)N3CC[NH+]4CCC[C@H]4C3)CCCCC2)cc1. The number of ether oxygens (including phenoxy) is 1. The molecule has 0 aromatic heterocycles. The van der Waals surface area contributed by atoms with E-state index in [2.05, 4.69) is 10.6 Å². The molecular formula is C22H33N4O3+. The van der Waals surface area contributed by atoms with E-state index in [1.807, 2.05) is 4.90 Å². The van der Waals surface area contributed by atoms with E-state index in [1.54, 1.807) is 36.3 Å². The fourth-order valence-electron chi connectivity index (χ4n) is 5.26. The van der Waals surface area contributed by atoms with E-state index in [4.69, 9.17) is 4.74 Å². The van der Waals surface area contributed by atoms with Crippen LogP contribution in [0.1, 0.15) is 44.9 Å². The first-order valence-electron chi connectivity index (χ1n) is 11.0. The van der Waals surface area contributed by atoms with Crippen LogP contribution >= 0.6 is 0 Å². The van der Waals surface area contributed by atoms with Crippen LogP contribution in [0.15, 0.2) is 24.3 Å². The first kappa shape index (κ1) is 20.0. The molecule has 2 atom stereocenters. The highest BCUT2D eigenvalue weighted by Gasteiger charge is 2.46. The number of benzene rings is 1. The van der Waals surface area contributed by atoms with Crippen molar-refractivity contribution in [3.8, 4) is 5.75 Å². The second-order valence-electron chi connectivity index (χ2n) is 8.70. The van der Waals surface area contributed by atoms with Gasteiger partial charge in [-0.05, 0) is 37.1 Å². The number of nitrogens with one attached hydrogen (secondary N) is 3. The molecule has 29 heavy (non-hydrogen) atoms. The number of hydrogen-bond acceptors (Lipinski definition) is 3. The molecule has 7 nitrogen and oxygen atoms in total. The zero-order valence-electron chi connectivity index (χ0n) is 17.3. The summed E-state index contributed by atoms with van der Waals surface area (Å²) < 4.78 is 5.16. The van der Waals surface area contributed by atoms with E-state index in [1.165, 1.54) is 19.4 Å². The maximum atomic E-state index is 13.6. The maximum absolute atomic E-state index is 13.6. The highest BCUT2D eigenvalue weighted by atomic mass is 16.5. The fraction of sp³-hybridized carbons (Fsp3) is 0.636. The van der Waals surface area contributed by atoms with Gasteiger partial charge in [-0.1, -0.05) is 19.3 Å². The zero-order valence-corrected chi connectivity index (χ0v) is 17.3. The number of piperazine rings is 1. The van der Waals surface area contributed by atoms with Gasteiger partial charge in [0.25, 0.3) is 0 Å².